The third-order valence-corrected chi connectivity index (χ3v) is 4.43. The second-order valence-corrected chi connectivity index (χ2v) is 5.71. The third kappa shape index (κ3) is 2.75. The predicted molar refractivity (Wildman–Crippen MR) is 88.4 cm³/mol. The minimum atomic E-state index is -0.268. The molecule has 0 saturated carbocycles. The van der Waals surface area contributed by atoms with Crippen molar-refractivity contribution >= 4 is 6.41 Å². The number of aromatic hydroxyl groups is 1. The highest BCUT2D eigenvalue weighted by Gasteiger charge is 2.32. The highest BCUT2D eigenvalue weighted by atomic mass is 16.5. The summed E-state index contributed by atoms with van der Waals surface area (Å²) in [5.74, 6) is 0.820. The van der Waals surface area contributed by atoms with Gasteiger partial charge < -0.3 is 19.5 Å². The number of pyridine rings is 1. The van der Waals surface area contributed by atoms with Crippen molar-refractivity contribution in [2.75, 3.05) is 20.8 Å². The van der Waals surface area contributed by atoms with Crippen LogP contribution in [0.3, 0.4) is 0 Å². The Balaban J connectivity index is 2.10. The lowest BCUT2D eigenvalue weighted by Gasteiger charge is -2.36. The monoisotopic (exact) mass is 328 g/mol. The summed E-state index contributed by atoms with van der Waals surface area (Å²) in [6, 6.07) is 5.43. The third-order valence-electron chi connectivity index (χ3n) is 4.43. The molecule has 1 aromatic heterocycles. The molecule has 0 bridgehead atoms. The van der Waals surface area contributed by atoms with Gasteiger partial charge in [0, 0.05) is 24.5 Å². The molecular formula is C18H20N2O4. The quantitative estimate of drug-likeness (QED) is 0.851. The first-order valence-corrected chi connectivity index (χ1v) is 7.76. The number of rotatable bonds is 5. The second-order valence-electron chi connectivity index (χ2n) is 5.71. The summed E-state index contributed by atoms with van der Waals surface area (Å²) >= 11 is 0. The Kier molecular flexibility index (Phi) is 4.55. The van der Waals surface area contributed by atoms with E-state index in [1.807, 2.05) is 18.2 Å². The van der Waals surface area contributed by atoms with Crippen LogP contribution in [0.25, 0.3) is 0 Å². The van der Waals surface area contributed by atoms with Gasteiger partial charge in [0.15, 0.2) is 11.5 Å². The van der Waals surface area contributed by atoms with Gasteiger partial charge in [0.1, 0.15) is 0 Å². The van der Waals surface area contributed by atoms with Crippen LogP contribution in [0, 0.1) is 0 Å². The summed E-state index contributed by atoms with van der Waals surface area (Å²) in [7, 11) is 3.03. The summed E-state index contributed by atoms with van der Waals surface area (Å²) in [5, 5.41) is 10.7. The van der Waals surface area contributed by atoms with Crippen molar-refractivity contribution in [2.24, 2.45) is 0 Å². The maximum atomic E-state index is 11.5. The van der Waals surface area contributed by atoms with Crippen LogP contribution in [0.15, 0.2) is 30.6 Å². The molecule has 1 aliphatic heterocycles. The van der Waals surface area contributed by atoms with Gasteiger partial charge in [-0.3, -0.25) is 9.78 Å². The molecule has 0 spiro atoms. The first-order valence-electron chi connectivity index (χ1n) is 7.76. The summed E-state index contributed by atoms with van der Waals surface area (Å²) in [4.78, 5) is 17.4. The Morgan fingerprint density at radius 3 is 2.88 bits per heavy atom. The van der Waals surface area contributed by atoms with E-state index in [0.29, 0.717) is 30.9 Å². The molecule has 1 atom stereocenters. The number of carbonyl (C=O) groups is 1. The summed E-state index contributed by atoms with van der Waals surface area (Å²) in [6.45, 7) is 0.594. The fourth-order valence-electron chi connectivity index (χ4n) is 3.28. The van der Waals surface area contributed by atoms with E-state index < -0.39 is 0 Å². The van der Waals surface area contributed by atoms with Gasteiger partial charge in [-0.15, -0.1) is 0 Å². The summed E-state index contributed by atoms with van der Waals surface area (Å²) in [6.07, 6.45) is 5.55. The van der Waals surface area contributed by atoms with Crippen molar-refractivity contribution in [3.8, 4) is 17.2 Å². The molecule has 6 nitrogen and oxygen atoms in total. The molecule has 1 aliphatic rings. The fraction of sp³-hybridized carbons (Fsp3) is 0.333. The van der Waals surface area contributed by atoms with Crippen molar-refractivity contribution in [3.05, 3.63) is 47.3 Å². The van der Waals surface area contributed by atoms with Crippen LogP contribution < -0.4 is 9.47 Å². The molecule has 24 heavy (non-hydrogen) atoms. The Bertz CT molecular complexity index is 734. The highest BCUT2D eigenvalue weighted by Crippen LogP contribution is 2.47. The Labute approximate surface area is 140 Å². The van der Waals surface area contributed by atoms with Crippen molar-refractivity contribution < 1.29 is 19.4 Å². The number of fused-ring (bicyclic) bond motifs is 1. The number of benzene rings is 1. The average molecular weight is 328 g/mol. The van der Waals surface area contributed by atoms with Crippen LogP contribution in [-0.2, 0) is 17.6 Å². The molecule has 1 aromatic carbocycles. The fourth-order valence-corrected chi connectivity index (χ4v) is 3.28. The maximum absolute atomic E-state index is 11.5. The van der Waals surface area contributed by atoms with Gasteiger partial charge in [0.25, 0.3) is 0 Å². The van der Waals surface area contributed by atoms with E-state index in [9.17, 15) is 9.90 Å². The van der Waals surface area contributed by atoms with E-state index in [4.69, 9.17) is 9.47 Å². The van der Waals surface area contributed by atoms with Crippen LogP contribution in [0.1, 0.15) is 22.7 Å². The van der Waals surface area contributed by atoms with E-state index in [0.717, 1.165) is 23.1 Å². The van der Waals surface area contributed by atoms with Gasteiger partial charge in [0.2, 0.25) is 12.2 Å². The van der Waals surface area contributed by atoms with Crippen molar-refractivity contribution in [1.29, 1.82) is 0 Å². The minimum absolute atomic E-state index is 0.0345. The van der Waals surface area contributed by atoms with Crippen LogP contribution in [-0.4, -0.2) is 42.2 Å². The van der Waals surface area contributed by atoms with Gasteiger partial charge in [-0.2, -0.15) is 0 Å². The SMILES string of the molecule is COc1cc2c(c(O)c1OC)C(Cc1cccnc1)N(C=O)CC2. The van der Waals surface area contributed by atoms with Gasteiger partial charge in [-0.05, 0) is 36.1 Å². The smallest absolute Gasteiger partial charge is 0.210 e. The molecule has 126 valence electrons. The number of nitrogens with zero attached hydrogens (tertiary/aromatic N) is 2. The predicted octanol–water partition coefficient (Wildman–Crippen LogP) is 2.10. The minimum Gasteiger partial charge on any atom is -0.504 e. The number of methoxy groups -OCH3 is 2. The molecule has 0 aliphatic carbocycles. The highest BCUT2D eigenvalue weighted by molar-refractivity contribution is 5.62. The molecule has 2 heterocycles. The van der Waals surface area contributed by atoms with E-state index in [2.05, 4.69) is 4.98 Å². The molecule has 6 heteroatoms. The molecule has 1 amide bonds. The number of ether oxygens (including phenoxy) is 2. The average Bonchev–Trinajstić information content (AvgIpc) is 2.62. The lowest BCUT2D eigenvalue weighted by atomic mass is 9.88. The summed E-state index contributed by atoms with van der Waals surface area (Å²) < 4.78 is 10.6. The first-order chi connectivity index (χ1) is 11.7. The number of phenols is 1. The summed E-state index contributed by atoms with van der Waals surface area (Å²) in [5.41, 5.74) is 2.68. The molecule has 1 N–H and O–H groups in total. The van der Waals surface area contributed by atoms with Gasteiger partial charge in [0.05, 0.1) is 20.3 Å². The number of hydrogen-bond acceptors (Lipinski definition) is 5. The van der Waals surface area contributed by atoms with Crippen molar-refractivity contribution in [2.45, 2.75) is 18.9 Å². The zero-order chi connectivity index (χ0) is 17.1. The number of aromatic nitrogens is 1. The molecular weight excluding hydrogens is 308 g/mol. The topological polar surface area (TPSA) is 71.9 Å². The lowest BCUT2D eigenvalue weighted by Crippen LogP contribution is -2.35. The molecule has 1 unspecified atom stereocenters. The molecule has 3 rings (SSSR count). The maximum Gasteiger partial charge on any atom is 0.210 e. The Morgan fingerprint density at radius 1 is 1.42 bits per heavy atom. The van der Waals surface area contributed by atoms with Crippen LogP contribution in [0.5, 0.6) is 17.2 Å². The number of phenolic OH excluding ortho intramolecular Hbond substituents is 1. The van der Waals surface area contributed by atoms with Crippen LogP contribution in [0.2, 0.25) is 0 Å². The lowest BCUT2D eigenvalue weighted by molar-refractivity contribution is -0.120. The van der Waals surface area contributed by atoms with E-state index in [1.54, 1.807) is 17.3 Å². The molecule has 2 aromatic rings. The first kappa shape index (κ1) is 16.1. The van der Waals surface area contributed by atoms with E-state index in [1.165, 1.54) is 14.2 Å². The van der Waals surface area contributed by atoms with Gasteiger partial charge in [-0.1, -0.05) is 6.07 Å². The van der Waals surface area contributed by atoms with E-state index >= 15 is 0 Å². The Morgan fingerprint density at radius 2 is 2.25 bits per heavy atom. The van der Waals surface area contributed by atoms with Gasteiger partial charge >= 0.3 is 0 Å². The molecule has 0 fully saturated rings. The standard InChI is InChI=1S/C18H20N2O4/c1-23-15-9-13-5-7-20(11-21)14(8-12-4-3-6-19-10-12)16(13)17(22)18(15)24-2/h3-4,6,9-11,14,22H,5,7-8H2,1-2H3. The molecule has 0 saturated heterocycles. The zero-order valence-corrected chi connectivity index (χ0v) is 13.7. The number of amides is 1. The molecule has 0 radical (unpaired) electrons. The second kappa shape index (κ2) is 6.78. The number of carbonyl (C=O) groups excluding carboxylic acids is 1. The van der Waals surface area contributed by atoms with E-state index in [-0.39, 0.29) is 11.8 Å². The Hall–Kier alpha value is -2.76. The van der Waals surface area contributed by atoms with Crippen LogP contribution in [0.4, 0.5) is 0 Å². The normalized spacial score (nSPS) is 16.4. The van der Waals surface area contributed by atoms with Gasteiger partial charge in [-0.25, -0.2) is 0 Å². The van der Waals surface area contributed by atoms with Crippen molar-refractivity contribution in [1.82, 2.24) is 9.88 Å². The number of hydrogen-bond donors (Lipinski definition) is 1. The van der Waals surface area contributed by atoms with Crippen molar-refractivity contribution in [3.63, 3.8) is 0 Å². The zero-order valence-electron chi connectivity index (χ0n) is 13.7. The largest absolute Gasteiger partial charge is 0.504 e. The van der Waals surface area contributed by atoms with Crippen LogP contribution >= 0.6 is 0 Å².